The minimum absolute atomic E-state index is 0.0424. The molecule has 0 fully saturated rings. The van der Waals surface area contributed by atoms with Crippen molar-refractivity contribution in [3.8, 4) is 0 Å². The lowest BCUT2D eigenvalue weighted by atomic mass is 9.84. The van der Waals surface area contributed by atoms with Crippen LogP contribution in [0.25, 0.3) is 0 Å². The second-order valence-corrected chi connectivity index (χ2v) is 6.48. The van der Waals surface area contributed by atoms with Crippen LogP contribution in [0.3, 0.4) is 0 Å². The fourth-order valence-corrected chi connectivity index (χ4v) is 2.19. The standard InChI is InChI=1S/C16H25FN2O/c1-11(12-5-7-14(17)8-6-12)19-15(20)13(10-18)9-16(2,3)4/h5-8,11,13H,9-10,18H2,1-4H3,(H,19,20). The van der Waals surface area contributed by atoms with Gasteiger partial charge in [0.15, 0.2) is 0 Å². The van der Waals surface area contributed by atoms with Gasteiger partial charge in [-0.1, -0.05) is 32.9 Å². The van der Waals surface area contributed by atoms with Crippen LogP contribution in [0.4, 0.5) is 4.39 Å². The molecule has 20 heavy (non-hydrogen) atoms. The number of nitrogens with one attached hydrogen (secondary N) is 1. The molecule has 0 radical (unpaired) electrons. The van der Waals surface area contributed by atoms with Crippen LogP contribution in [0.5, 0.6) is 0 Å². The van der Waals surface area contributed by atoms with Gasteiger partial charge in [0.25, 0.3) is 0 Å². The zero-order chi connectivity index (χ0) is 15.3. The monoisotopic (exact) mass is 280 g/mol. The van der Waals surface area contributed by atoms with Crippen LogP contribution in [-0.4, -0.2) is 12.5 Å². The van der Waals surface area contributed by atoms with E-state index in [2.05, 4.69) is 26.1 Å². The van der Waals surface area contributed by atoms with Gasteiger partial charge in [0.2, 0.25) is 5.91 Å². The fourth-order valence-electron chi connectivity index (χ4n) is 2.19. The van der Waals surface area contributed by atoms with Crippen LogP contribution < -0.4 is 11.1 Å². The Hall–Kier alpha value is -1.42. The van der Waals surface area contributed by atoms with E-state index in [1.807, 2.05) is 6.92 Å². The topological polar surface area (TPSA) is 55.1 Å². The molecule has 0 aliphatic carbocycles. The number of halogens is 1. The van der Waals surface area contributed by atoms with E-state index in [0.717, 1.165) is 12.0 Å². The molecule has 1 aromatic rings. The molecule has 2 unspecified atom stereocenters. The molecule has 0 bridgehead atoms. The first-order chi connectivity index (χ1) is 9.23. The predicted molar refractivity (Wildman–Crippen MR) is 79.6 cm³/mol. The molecule has 0 saturated heterocycles. The second kappa shape index (κ2) is 6.84. The maximum Gasteiger partial charge on any atom is 0.224 e. The largest absolute Gasteiger partial charge is 0.349 e. The van der Waals surface area contributed by atoms with Gasteiger partial charge in [-0.25, -0.2) is 4.39 Å². The molecule has 0 heterocycles. The van der Waals surface area contributed by atoms with Crippen LogP contribution in [-0.2, 0) is 4.79 Å². The summed E-state index contributed by atoms with van der Waals surface area (Å²) in [6, 6.07) is 6.00. The number of hydrogen-bond donors (Lipinski definition) is 2. The Kier molecular flexibility index (Phi) is 5.69. The predicted octanol–water partition coefficient (Wildman–Crippen LogP) is 3.01. The summed E-state index contributed by atoms with van der Waals surface area (Å²) in [5.41, 5.74) is 6.64. The van der Waals surface area contributed by atoms with Gasteiger partial charge in [-0.15, -0.1) is 0 Å². The minimum atomic E-state index is -0.278. The highest BCUT2D eigenvalue weighted by Gasteiger charge is 2.24. The average molecular weight is 280 g/mol. The van der Waals surface area contributed by atoms with Gasteiger partial charge < -0.3 is 11.1 Å². The van der Waals surface area contributed by atoms with Crippen LogP contribution in [0, 0.1) is 17.2 Å². The van der Waals surface area contributed by atoms with E-state index >= 15 is 0 Å². The summed E-state index contributed by atoms with van der Waals surface area (Å²) in [4.78, 5) is 12.2. The summed E-state index contributed by atoms with van der Waals surface area (Å²) in [5, 5.41) is 2.95. The lowest BCUT2D eigenvalue weighted by Gasteiger charge is -2.26. The number of rotatable bonds is 5. The van der Waals surface area contributed by atoms with E-state index in [4.69, 9.17) is 5.73 Å². The molecule has 112 valence electrons. The van der Waals surface area contributed by atoms with Crippen LogP contribution >= 0.6 is 0 Å². The van der Waals surface area contributed by atoms with Gasteiger partial charge in [-0.05, 0) is 36.5 Å². The van der Waals surface area contributed by atoms with Crippen molar-refractivity contribution < 1.29 is 9.18 Å². The lowest BCUT2D eigenvalue weighted by Crippen LogP contribution is -2.38. The zero-order valence-corrected chi connectivity index (χ0v) is 12.7. The number of benzene rings is 1. The summed E-state index contributed by atoms with van der Waals surface area (Å²) in [5.74, 6) is -0.517. The fraction of sp³-hybridized carbons (Fsp3) is 0.562. The van der Waals surface area contributed by atoms with E-state index in [9.17, 15) is 9.18 Å². The summed E-state index contributed by atoms with van der Waals surface area (Å²) in [7, 11) is 0. The number of carbonyl (C=O) groups excluding carboxylic acids is 1. The van der Waals surface area contributed by atoms with E-state index in [0.29, 0.717) is 6.54 Å². The first kappa shape index (κ1) is 16.6. The number of nitrogens with two attached hydrogens (primary N) is 1. The molecule has 0 aromatic heterocycles. The van der Waals surface area contributed by atoms with Gasteiger partial charge in [0.05, 0.1) is 12.0 Å². The first-order valence-electron chi connectivity index (χ1n) is 6.99. The number of hydrogen-bond acceptors (Lipinski definition) is 2. The number of amides is 1. The highest BCUT2D eigenvalue weighted by atomic mass is 19.1. The van der Waals surface area contributed by atoms with Gasteiger partial charge in [0, 0.05) is 6.54 Å². The SMILES string of the molecule is CC(NC(=O)C(CN)CC(C)(C)C)c1ccc(F)cc1. The molecule has 3 N–H and O–H groups in total. The van der Waals surface area contributed by atoms with Crippen molar-refractivity contribution in [1.29, 1.82) is 0 Å². The van der Waals surface area contributed by atoms with Crippen LogP contribution in [0.2, 0.25) is 0 Å². The third kappa shape index (κ3) is 5.29. The van der Waals surface area contributed by atoms with Crippen molar-refractivity contribution in [1.82, 2.24) is 5.32 Å². The van der Waals surface area contributed by atoms with E-state index in [1.165, 1.54) is 12.1 Å². The average Bonchev–Trinajstić information content (AvgIpc) is 2.35. The van der Waals surface area contributed by atoms with Crippen LogP contribution in [0.15, 0.2) is 24.3 Å². The summed E-state index contributed by atoms with van der Waals surface area (Å²) >= 11 is 0. The summed E-state index contributed by atoms with van der Waals surface area (Å²) in [6.07, 6.45) is 0.742. The minimum Gasteiger partial charge on any atom is -0.349 e. The van der Waals surface area contributed by atoms with E-state index < -0.39 is 0 Å². The second-order valence-electron chi connectivity index (χ2n) is 6.48. The van der Waals surface area contributed by atoms with Gasteiger partial charge >= 0.3 is 0 Å². The van der Waals surface area contributed by atoms with Crippen molar-refractivity contribution >= 4 is 5.91 Å². The molecular weight excluding hydrogens is 255 g/mol. The first-order valence-corrected chi connectivity index (χ1v) is 6.99. The third-order valence-electron chi connectivity index (χ3n) is 3.24. The van der Waals surface area contributed by atoms with Crippen molar-refractivity contribution in [2.45, 2.75) is 40.2 Å². The van der Waals surface area contributed by atoms with Crippen molar-refractivity contribution in [3.05, 3.63) is 35.6 Å². The van der Waals surface area contributed by atoms with Gasteiger partial charge in [-0.3, -0.25) is 4.79 Å². The Morgan fingerprint density at radius 2 is 1.85 bits per heavy atom. The molecule has 0 saturated carbocycles. The van der Waals surface area contributed by atoms with Crippen LogP contribution in [0.1, 0.15) is 45.7 Å². The Morgan fingerprint density at radius 1 is 1.30 bits per heavy atom. The molecule has 0 aliphatic heterocycles. The molecule has 0 aliphatic rings. The Balaban J connectivity index is 2.66. The van der Waals surface area contributed by atoms with E-state index in [-0.39, 0.29) is 29.1 Å². The molecule has 2 atom stereocenters. The summed E-state index contributed by atoms with van der Waals surface area (Å²) < 4.78 is 12.9. The molecule has 4 heteroatoms. The van der Waals surface area contributed by atoms with E-state index in [1.54, 1.807) is 12.1 Å². The normalized spacial score (nSPS) is 14.7. The maximum atomic E-state index is 12.9. The number of carbonyl (C=O) groups is 1. The van der Waals surface area contributed by atoms with Crippen molar-refractivity contribution in [2.75, 3.05) is 6.54 Å². The maximum absolute atomic E-state index is 12.9. The van der Waals surface area contributed by atoms with Crippen molar-refractivity contribution in [3.63, 3.8) is 0 Å². The molecule has 3 nitrogen and oxygen atoms in total. The molecule has 0 spiro atoms. The molecular formula is C16H25FN2O. The molecule has 1 amide bonds. The highest BCUT2D eigenvalue weighted by molar-refractivity contribution is 5.79. The lowest BCUT2D eigenvalue weighted by molar-refractivity contribution is -0.126. The quantitative estimate of drug-likeness (QED) is 0.871. The van der Waals surface area contributed by atoms with Gasteiger partial charge in [0.1, 0.15) is 5.82 Å². The molecule has 1 rings (SSSR count). The third-order valence-corrected chi connectivity index (χ3v) is 3.24. The molecule has 1 aromatic carbocycles. The Bertz CT molecular complexity index is 437. The Morgan fingerprint density at radius 3 is 2.30 bits per heavy atom. The van der Waals surface area contributed by atoms with Gasteiger partial charge in [-0.2, -0.15) is 0 Å². The Labute approximate surface area is 120 Å². The highest BCUT2D eigenvalue weighted by Crippen LogP contribution is 2.24. The smallest absolute Gasteiger partial charge is 0.224 e. The zero-order valence-electron chi connectivity index (χ0n) is 12.7. The van der Waals surface area contributed by atoms with Crippen molar-refractivity contribution in [2.24, 2.45) is 17.1 Å². The summed E-state index contributed by atoms with van der Waals surface area (Å²) in [6.45, 7) is 8.49.